The molecule has 2 fully saturated rings. The molecule has 3 unspecified atom stereocenters. The molecular formula is C56H83N9O. The Kier molecular flexibility index (Phi) is 17.1. The van der Waals surface area contributed by atoms with Gasteiger partial charge < -0.3 is 19.8 Å². The number of aryl methyl sites for hydroxylation is 3. The van der Waals surface area contributed by atoms with E-state index in [1.165, 1.54) is 155 Å². The zero-order valence-corrected chi connectivity index (χ0v) is 41.5. The molecule has 2 aromatic carbocycles. The predicted octanol–water partition coefficient (Wildman–Crippen LogP) is 10.1. The Balaban J connectivity index is 0.000000136. The number of nitrogens with zero attached hydrogens (tertiary/aromatic N) is 9. The maximum absolute atomic E-state index is 11.0. The van der Waals surface area contributed by atoms with E-state index in [4.69, 9.17) is 0 Å². The molecule has 0 spiro atoms. The number of hydrogen-bond donors (Lipinski definition) is 1. The summed E-state index contributed by atoms with van der Waals surface area (Å²) in [4.78, 5) is 7.59. The first-order valence-electron chi connectivity index (χ1n) is 26.1. The van der Waals surface area contributed by atoms with E-state index in [1.807, 2.05) is 18.2 Å². The van der Waals surface area contributed by atoms with Crippen molar-refractivity contribution < 1.29 is 5.11 Å². The van der Waals surface area contributed by atoms with Crippen LogP contribution in [0.1, 0.15) is 165 Å². The van der Waals surface area contributed by atoms with E-state index < -0.39 is 5.60 Å². The summed E-state index contributed by atoms with van der Waals surface area (Å²) in [5, 5.41) is 24.4. The fraction of sp³-hybridized carbons (Fsp3) is 0.625. The fourth-order valence-electron chi connectivity index (χ4n) is 12.2. The van der Waals surface area contributed by atoms with Gasteiger partial charge in [-0.3, -0.25) is 14.0 Å². The molecule has 10 heteroatoms. The van der Waals surface area contributed by atoms with E-state index >= 15 is 0 Å². The summed E-state index contributed by atoms with van der Waals surface area (Å²) in [7, 11) is 10.8. The van der Waals surface area contributed by atoms with Crippen LogP contribution in [0.5, 0.6) is 0 Å². The van der Waals surface area contributed by atoms with Gasteiger partial charge in [-0.05, 0) is 182 Å². The third-order valence-electron chi connectivity index (χ3n) is 16.5. The molecule has 1 aliphatic heterocycles. The number of aromatic nitrogens is 6. The standard InChI is InChI=1S/C21H29N3O.C18H25N3.C17H29N3/c1-23-20-9-5-6-17(19(20)16-22-23)10-13-24-14-11-21(25,12-15-24)18-7-3-2-4-8-18;1-20(14-15-7-4-3-5-8-15)12-11-16-9-6-10-18-17(16)13-19-21(18)2;1-19(15-8-4-3-5-9-15)12-11-14-7-6-10-17-16(14)13-18-20(17)2/h2-4,7-8,16-17,25H,5-6,9-15H2,1H3;3-5,7-8,13,16H,6,9-12,14H2,1-2H3;13-15H,3-12H2,1-2H3. The van der Waals surface area contributed by atoms with Gasteiger partial charge in [0.15, 0.2) is 0 Å². The topological polar surface area (TPSA) is 83.4 Å². The maximum atomic E-state index is 11.0. The van der Waals surface area contributed by atoms with Crippen LogP contribution in [0, 0.1) is 0 Å². The summed E-state index contributed by atoms with van der Waals surface area (Å²) in [5.74, 6) is 2.10. The average Bonchev–Trinajstić information content (AvgIpc) is 4.07. The molecule has 66 heavy (non-hydrogen) atoms. The molecule has 4 aliphatic carbocycles. The van der Waals surface area contributed by atoms with Gasteiger partial charge in [-0.1, -0.05) is 79.9 Å². The Hall–Kier alpha value is -4.09. The Morgan fingerprint density at radius 1 is 0.576 bits per heavy atom. The minimum atomic E-state index is -0.640. The van der Waals surface area contributed by atoms with Crippen LogP contribution in [-0.4, -0.2) is 102 Å². The van der Waals surface area contributed by atoms with Crippen LogP contribution in [0.25, 0.3) is 0 Å². The molecule has 3 atom stereocenters. The lowest BCUT2D eigenvalue weighted by atomic mass is 9.83. The highest BCUT2D eigenvalue weighted by Gasteiger charge is 2.34. The number of benzene rings is 2. The van der Waals surface area contributed by atoms with Crippen LogP contribution in [0.15, 0.2) is 79.3 Å². The largest absolute Gasteiger partial charge is 0.385 e. The first-order valence-corrected chi connectivity index (χ1v) is 26.1. The highest BCUT2D eigenvalue weighted by Crippen LogP contribution is 2.38. The minimum absolute atomic E-state index is 0.640. The van der Waals surface area contributed by atoms with Crippen LogP contribution in [0.3, 0.4) is 0 Å². The van der Waals surface area contributed by atoms with Crippen LogP contribution < -0.4 is 0 Å². The summed E-state index contributed by atoms with van der Waals surface area (Å²) < 4.78 is 6.21. The van der Waals surface area contributed by atoms with Crippen LogP contribution in [-0.2, 0) is 52.6 Å². The van der Waals surface area contributed by atoms with Gasteiger partial charge in [0, 0.05) is 63.9 Å². The monoisotopic (exact) mass is 898 g/mol. The molecule has 3 aromatic heterocycles. The number of likely N-dealkylation sites (tertiary alicyclic amines) is 1. The lowest BCUT2D eigenvalue weighted by Gasteiger charge is -2.39. The number of fused-ring (bicyclic) bond motifs is 3. The van der Waals surface area contributed by atoms with Crippen molar-refractivity contribution in [2.75, 3.05) is 46.8 Å². The number of rotatable bonds is 13. The molecule has 1 saturated carbocycles. The Bertz CT molecular complexity index is 2200. The van der Waals surface area contributed by atoms with E-state index in [0.29, 0.717) is 11.8 Å². The molecule has 4 heterocycles. The van der Waals surface area contributed by atoms with Gasteiger partial charge in [-0.2, -0.15) is 15.3 Å². The second-order valence-corrected chi connectivity index (χ2v) is 20.9. The normalized spacial score (nSPS) is 21.8. The number of hydrogen-bond acceptors (Lipinski definition) is 7. The van der Waals surface area contributed by atoms with Crippen molar-refractivity contribution in [3.63, 3.8) is 0 Å². The van der Waals surface area contributed by atoms with Gasteiger partial charge >= 0.3 is 0 Å². The molecule has 0 bridgehead atoms. The fourth-order valence-corrected chi connectivity index (χ4v) is 12.2. The third kappa shape index (κ3) is 12.3. The zero-order valence-electron chi connectivity index (χ0n) is 41.5. The van der Waals surface area contributed by atoms with E-state index in [9.17, 15) is 5.11 Å². The highest BCUT2D eigenvalue weighted by molar-refractivity contribution is 5.28. The van der Waals surface area contributed by atoms with Gasteiger partial charge in [-0.15, -0.1) is 0 Å². The van der Waals surface area contributed by atoms with Gasteiger partial charge in [0.1, 0.15) is 0 Å². The van der Waals surface area contributed by atoms with Gasteiger partial charge in [0.2, 0.25) is 0 Å². The lowest BCUT2D eigenvalue weighted by molar-refractivity contribution is -0.0263. The smallest absolute Gasteiger partial charge is 0.0920 e. The quantitative estimate of drug-likeness (QED) is 0.126. The van der Waals surface area contributed by atoms with Crippen LogP contribution in [0.4, 0.5) is 0 Å². The predicted molar refractivity (Wildman–Crippen MR) is 269 cm³/mol. The van der Waals surface area contributed by atoms with Crippen molar-refractivity contribution in [3.05, 3.63) is 124 Å². The maximum Gasteiger partial charge on any atom is 0.0920 e. The molecule has 358 valence electrons. The summed E-state index contributed by atoms with van der Waals surface area (Å²) >= 11 is 0. The van der Waals surface area contributed by atoms with E-state index in [1.54, 1.807) is 0 Å². The van der Waals surface area contributed by atoms with Crippen LogP contribution in [0.2, 0.25) is 0 Å². The highest BCUT2D eigenvalue weighted by atomic mass is 16.3. The summed E-state index contributed by atoms with van der Waals surface area (Å²) in [6.07, 6.45) is 30.4. The second-order valence-electron chi connectivity index (χ2n) is 20.9. The Labute approximate surface area is 397 Å². The Morgan fingerprint density at radius 3 is 1.56 bits per heavy atom. The lowest BCUT2D eigenvalue weighted by Crippen LogP contribution is -2.43. The third-order valence-corrected chi connectivity index (χ3v) is 16.5. The molecule has 1 saturated heterocycles. The van der Waals surface area contributed by atoms with Gasteiger partial charge in [-0.25, -0.2) is 0 Å². The van der Waals surface area contributed by atoms with E-state index in [2.05, 4.69) is 140 Å². The van der Waals surface area contributed by atoms with Crippen molar-refractivity contribution in [3.8, 4) is 0 Å². The van der Waals surface area contributed by atoms with Gasteiger partial charge in [0.25, 0.3) is 0 Å². The van der Waals surface area contributed by atoms with Crippen molar-refractivity contribution >= 4 is 0 Å². The minimum Gasteiger partial charge on any atom is -0.385 e. The molecule has 5 aromatic rings. The Morgan fingerprint density at radius 2 is 1.05 bits per heavy atom. The SMILES string of the molecule is CN(CCC1CCCc2c1cnn2C)C1CCCCC1.CN(CCC1CCCc2c1cnn2C)Cc1ccccc1.Cn1ncc2c1CCCC2CCN1CCC(O)(c2ccccc2)CC1. The molecule has 10 nitrogen and oxygen atoms in total. The zero-order chi connectivity index (χ0) is 45.9. The summed E-state index contributed by atoms with van der Waals surface area (Å²) in [6.45, 7) is 6.53. The van der Waals surface area contributed by atoms with Crippen molar-refractivity contribution in [1.29, 1.82) is 0 Å². The molecule has 10 rings (SSSR count). The first kappa shape index (κ1) is 48.4. The molecular weight excluding hydrogens is 815 g/mol. The average molecular weight is 898 g/mol. The van der Waals surface area contributed by atoms with E-state index in [0.717, 1.165) is 63.1 Å². The molecule has 1 N–H and O–H groups in total. The van der Waals surface area contributed by atoms with Crippen molar-refractivity contribution in [1.82, 2.24) is 44.0 Å². The van der Waals surface area contributed by atoms with Crippen molar-refractivity contribution in [2.45, 2.75) is 158 Å². The molecule has 5 aliphatic rings. The summed E-state index contributed by atoms with van der Waals surface area (Å²) in [5.41, 5.74) is 10.7. The number of piperidine rings is 1. The van der Waals surface area contributed by atoms with Gasteiger partial charge in [0.05, 0.1) is 24.2 Å². The van der Waals surface area contributed by atoms with E-state index in [-0.39, 0.29) is 0 Å². The van der Waals surface area contributed by atoms with Crippen molar-refractivity contribution in [2.24, 2.45) is 21.1 Å². The number of aliphatic hydroxyl groups is 1. The summed E-state index contributed by atoms with van der Waals surface area (Å²) in [6, 6.07) is 21.7. The van der Waals surface area contributed by atoms with Crippen LogP contribution >= 0.6 is 0 Å². The second kappa shape index (κ2) is 23.3. The molecule has 0 amide bonds. The first-order chi connectivity index (χ1) is 32.1. The molecule has 0 radical (unpaired) electrons.